The molecule has 1 atom stereocenters. The highest BCUT2D eigenvalue weighted by Gasteiger charge is 2.10. The summed E-state index contributed by atoms with van der Waals surface area (Å²) in [7, 11) is 0. The lowest BCUT2D eigenvalue weighted by Crippen LogP contribution is -1.91. The molecule has 10 heavy (non-hydrogen) atoms. The molecule has 0 spiro atoms. The second-order valence-corrected chi connectivity index (χ2v) is 2.76. The van der Waals surface area contributed by atoms with Crippen molar-refractivity contribution in [3.8, 4) is 0 Å². The molecule has 0 aliphatic rings. The van der Waals surface area contributed by atoms with Gasteiger partial charge >= 0.3 is 0 Å². The van der Waals surface area contributed by atoms with Crippen LogP contribution in [0.4, 0.5) is 0 Å². The Kier molecular flexibility index (Phi) is 2.33. The molecule has 0 aliphatic carbocycles. The predicted molar refractivity (Wildman–Crippen MR) is 40.2 cm³/mol. The lowest BCUT2D eigenvalue weighted by molar-refractivity contribution is 0.406. The maximum Gasteiger partial charge on any atom is 0.142 e. The maximum atomic E-state index is 5.76. The van der Waals surface area contributed by atoms with E-state index in [2.05, 4.69) is 23.5 Å². The molecular formula is C7H10ClNO. The maximum absolute atomic E-state index is 5.76. The topological polar surface area (TPSA) is 26.0 Å². The predicted octanol–water partition coefficient (Wildman–Crippen LogP) is 2.84. The van der Waals surface area contributed by atoms with Crippen LogP contribution in [0.15, 0.2) is 10.8 Å². The van der Waals surface area contributed by atoms with Crippen LogP contribution in [0, 0.1) is 0 Å². The highest BCUT2D eigenvalue weighted by molar-refractivity contribution is 6.31. The Morgan fingerprint density at radius 2 is 2.50 bits per heavy atom. The SMILES string of the molecule is CCC(C)c1nocc1Cl. The van der Waals surface area contributed by atoms with Crippen LogP contribution in [0.2, 0.25) is 5.02 Å². The van der Waals surface area contributed by atoms with Gasteiger partial charge in [-0.1, -0.05) is 30.6 Å². The van der Waals surface area contributed by atoms with E-state index in [0.717, 1.165) is 12.1 Å². The smallest absolute Gasteiger partial charge is 0.142 e. The van der Waals surface area contributed by atoms with Crippen molar-refractivity contribution in [2.24, 2.45) is 0 Å². The van der Waals surface area contributed by atoms with Gasteiger partial charge < -0.3 is 4.52 Å². The van der Waals surface area contributed by atoms with Crippen LogP contribution in [-0.2, 0) is 0 Å². The first-order chi connectivity index (χ1) is 4.75. The van der Waals surface area contributed by atoms with Gasteiger partial charge in [-0.15, -0.1) is 0 Å². The lowest BCUT2D eigenvalue weighted by atomic mass is 10.1. The minimum absolute atomic E-state index is 0.395. The van der Waals surface area contributed by atoms with Gasteiger partial charge in [-0.05, 0) is 6.42 Å². The van der Waals surface area contributed by atoms with Crippen molar-refractivity contribution in [2.75, 3.05) is 0 Å². The van der Waals surface area contributed by atoms with Gasteiger partial charge in [0.15, 0.2) is 0 Å². The minimum Gasteiger partial charge on any atom is -0.363 e. The second kappa shape index (κ2) is 3.06. The van der Waals surface area contributed by atoms with Crippen LogP contribution >= 0.6 is 11.6 Å². The van der Waals surface area contributed by atoms with E-state index in [9.17, 15) is 0 Å². The van der Waals surface area contributed by atoms with E-state index in [1.807, 2.05) is 0 Å². The molecule has 0 N–H and O–H groups in total. The monoisotopic (exact) mass is 159 g/mol. The van der Waals surface area contributed by atoms with E-state index < -0.39 is 0 Å². The van der Waals surface area contributed by atoms with Gasteiger partial charge in [-0.3, -0.25) is 0 Å². The quantitative estimate of drug-likeness (QED) is 0.663. The van der Waals surface area contributed by atoms with Crippen molar-refractivity contribution in [3.63, 3.8) is 0 Å². The standard InChI is InChI=1S/C7H10ClNO/c1-3-5(2)7-6(8)4-10-9-7/h4-5H,3H2,1-2H3. The van der Waals surface area contributed by atoms with Crippen molar-refractivity contribution in [1.82, 2.24) is 5.16 Å². The molecule has 2 nitrogen and oxygen atoms in total. The zero-order valence-corrected chi connectivity index (χ0v) is 6.85. The molecule has 1 aromatic heterocycles. The third-order valence-corrected chi connectivity index (χ3v) is 1.91. The molecular weight excluding hydrogens is 150 g/mol. The third-order valence-electron chi connectivity index (χ3n) is 1.63. The molecule has 0 aromatic carbocycles. The van der Waals surface area contributed by atoms with Gasteiger partial charge in [0, 0.05) is 5.92 Å². The Hall–Kier alpha value is -0.500. The van der Waals surface area contributed by atoms with Gasteiger partial charge in [0.05, 0.1) is 0 Å². The molecule has 0 saturated carbocycles. The number of rotatable bonds is 2. The van der Waals surface area contributed by atoms with Crippen molar-refractivity contribution < 1.29 is 4.52 Å². The molecule has 0 bridgehead atoms. The number of nitrogens with zero attached hydrogens (tertiary/aromatic N) is 1. The molecule has 1 aromatic rings. The van der Waals surface area contributed by atoms with E-state index >= 15 is 0 Å². The molecule has 1 heterocycles. The van der Waals surface area contributed by atoms with Crippen LogP contribution in [0.5, 0.6) is 0 Å². The summed E-state index contributed by atoms with van der Waals surface area (Å²) in [5.74, 6) is 0.395. The van der Waals surface area contributed by atoms with E-state index in [0.29, 0.717) is 10.9 Å². The normalized spacial score (nSPS) is 13.5. The Balaban J connectivity index is 2.82. The molecule has 0 aliphatic heterocycles. The summed E-state index contributed by atoms with van der Waals surface area (Å²) < 4.78 is 4.69. The van der Waals surface area contributed by atoms with Crippen molar-refractivity contribution in [1.29, 1.82) is 0 Å². The molecule has 0 amide bonds. The fourth-order valence-corrected chi connectivity index (χ4v) is 1.01. The zero-order valence-electron chi connectivity index (χ0n) is 6.10. The summed E-state index contributed by atoms with van der Waals surface area (Å²) in [5.41, 5.74) is 0.865. The van der Waals surface area contributed by atoms with Gasteiger partial charge in [0.25, 0.3) is 0 Å². The molecule has 3 heteroatoms. The van der Waals surface area contributed by atoms with E-state index in [1.165, 1.54) is 6.26 Å². The molecule has 1 rings (SSSR count). The lowest BCUT2D eigenvalue weighted by Gasteiger charge is -2.01. The molecule has 0 radical (unpaired) electrons. The minimum atomic E-state index is 0.395. The molecule has 0 saturated heterocycles. The summed E-state index contributed by atoms with van der Waals surface area (Å²) in [6.07, 6.45) is 2.50. The van der Waals surface area contributed by atoms with Crippen molar-refractivity contribution in [2.45, 2.75) is 26.2 Å². The van der Waals surface area contributed by atoms with Gasteiger partial charge in [0.1, 0.15) is 17.0 Å². The molecule has 0 fully saturated rings. The van der Waals surface area contributed by atoms with Crippen LogP contribution in [0.1, 0.15) is 31.9 Å². The van der Waals surface area contributed by atoms with Crippen molar-refractivity contribution >= 4 is 11.6 Å². The molecule has 56 valence electrons. The first-order valence-electron chi connectivity index (χ1n) is 3.35. The van der Waals surface area contributed by atoms with Gasteiger partial charge in [0.2, 0.25) is 0 Å². The van der Waals surface area contributed by atoms with E-state index in [-0.39, 0.29) is 0 Å². The average molecular weight is 160 g/mol. The van der Waals surface area contributed by atoms with Gasteiger partial charge in [-0.25, -0.2) is 0 Å². The Bertz CT molecular complexity index is 209. The highest BCUT2D eigenvalue weighted by Crippen LogP contribution is 2.24. The Morgan fingerprint density at radius 1 is 1.80 bits per heavy atom. The van der Waals surface area contributed by atoms with E-state index in [4.69, 9.17) is 11.6 Å². The summed E-state index contributed by atoms with van der Waals surface area (Å²) in [6.45, 7) is 4.17. The molecule has 1 unspecified atom stereocenters. The summed E-state index contributed by atoms with van der Waals surface area (Å²) in [4.78, 5) is 0. The summed E-state index contributed by atoms with van der Waals surface area (Å²) >= 11 is 5.76. The van der Waals surface area contributed by atoms with Crippen LogP contribution < -0.4 is 0 Å². The number of hydrogen-bond donors (Lipinski definition) is 0. The summed E-state index contributed by atoms with van der Waals surface area (Å²) in [5, 5.41) is 4.41. The number of aromatic nitrogens is 1. The fourth-order valence-electron chi connectivity index (χ4n) is 0.752. The fraction of sp³-hybridized carbons (Fsp3) is 0.571. The summed E-state index contributed by atoms with van der Waals surface area (Å²) in [6, 6.07) is 0. The Labute approximate surface area is 65.2 Å². The zero-order chi connectivity index (χ0) is 7.56. The van der Waals surface area contributed by atoms with Crippen molar-refractivity contribution in [3.05, 3.63) is 17.0 Å². The van der Waals surface area contributed by atoms with Crippen LogP contribution in [-0.4, -0.2) is 5.16 Å². The van der Waals surface area contributed by atoms with Crippen LogP contribution in [0.25, 0.3) is 0 Å². The number of halogens is 1. The largest absolute Gasteiger partial charge is 0.363 e. The average Bonchev–Trinajstić information content (AvgIpc) is 2.34. The van der Waals surface area contributed by atoms with Gasteiger partial charge in [-0.2, -0.15) is 0 Å². The highest BCUT2D eigenvalue weighted by atomic mass is 35.5. The number of hydrogen-bond acceptors (Lipinski definition) is 2. The first kappa shape index (κ1) is 7.61. The van der Waals surface area contributed by atoms with Crippen LogP contribution in [0.3, 0.4) is 0 Å². The van der Waals surface area contributed by atoms with E-state index in [1.54, 1.807) is 0 Å². The first-order valence-corrected chi connectivity index (χ1v) is 3.73. The Morgan fingerprint density at radius 3 is 2.90 bits per heavy atom. The second-order valence-electron chi connectivity index (χ2n) is 2.36. The third kappa shape index (κ3) is 1.32.